The van der Waals surface area contributed by atoms with Crippen LogP contribution < -0.4 is 11.0 Å². The van der Waals surface area contributed by atoms with Crippen LogP contribution in [0.5, 0.6) is 0 Å². The molecular weight excluding hydrogens is 268 g/mol. The molecule has 0 spiro atoms. The Bertz CT molecular complexity index is 739. The van der Waals surface area contributed by atoms with Crippen LogP contribution in [0.15, 0.2) is 29.1 Å². The van der Waals surface area contributed by atoms with E-state index in [0.717, 1.165) is 32.5 Å². The summed E-state index contributed by atoms with van der Waals surface area (Å²) in [5.74, 6) is 0.542. The van der Waals surface area contributed by atoms with Gasteiger partial charge in [0.2, 0.25) is 0 Å². The van der Waals surface area contributed by atoms with Gasteiger partial charge < -0.3 is 15.2 Å². The molecule has 3 aliphatic rings. The predicted octanol–water partition coefficient (Wildman–Crippen LogP) is 0.981. The van der Waals surface area contributed by atoms with Gasteiger partial charge in [0, 0.05) is 12.6 Å². The second-order valence-electron chi connectivity index (χ2n) is 5.98. The molecule has 3 aliphatic heterocycles. The fourth-order valence-electron chi connectivity index (χ4n) is 3.61. The zero-order chi connectivity index (χ0) is 14.4. The van der Waals surface area contributed by atoms with E-state index < -0.39 is 0 Å². The molecule has 2 bridgehead atoms. The average molecular weight is 286 g/mol. The first-order valence-corrected chi connectivity index (χ1v) is 7.45. The van der Waals surface area contributed by atoms with Crippen LogP contribution in [0.3, 0.4) is 0 Å². The number of nitrogens with one attached hydrogen (secondary N) is 2. The fourth-order valence-corrected chi connectivity index (χ4v) is 3.61. The molecule has 1 aromatic heterocycles. The lowest BCUT2D eigenvalue weighted by Gasteiger charge is -2.44. The number of piperidine rings is 3. The Hall–Kier alpha value is -2.08. The van der Waals surface area contributed by atoms with E-state index >= 15 is 0 Å². The Morgan fingerprint density at radius 1 is 1.24 bits per heavy atom. The molecule has 1 amide bonds. The Kier molecular flexibility index (Phi) is 2.85. The molecule has 1 aromatic carbocycles. The van der Waals surface area contributed by atoms with Crippen LogP contribution in [0.2, 0.25) is 0 Å². The molecule has 4 heterocycles. The van der Waals surface area contributed by atoms with E-state index in [4.69, 9.17) is 0 Å². The van der Waals surface area contributed by atoms with Crippen molar-refractivity contribution in [2.75, 3.05) is 19.6 Å². The number of nitrogens with zero attached hydrogens (tertiary/aromatic N) is 2. The summed E-state index contributed by atoms with van der Waals surface area (Å²) in [6, 6.07) is 7.08. The molecule has 5 rings (SSSR count). The normalized spacial score (nSPS) is 27.9. The molecule has 3 fully saturated rings. The van der Waals surface area contributed by atoms with Crippen LogP contribution >= 0.6 is 0 Å². The van der Waals surface area contributed by atoms with Crippen LogP contribution in [-0.2, 0) is 0 Å². The monoisotopic (exact) mass is 286 g/mol. The number of carbonyl (C=O) groups is 1. The maximum Gasteiger partial charge on any atom is 0.334 e. The molecule has 3 saturated heterocycles. The summed E-state index contributed by atoms with van der Waals surface area (Å²) in [7, 11) is 0. The summed E-state index contributed by atoms with van der Waals surface area (Å²) in [5, 5.41) is 3.05. The van der Waals surface area contributed by atoms with E-state index in [1.54, 1.807) is 12.1 Å². The van der Waals surface area contributed by atoms with Crippen molar-refractivity contribution in [2.45, 2.75) is 18.9 Å². The quantitative estimate of drug-likeness (QED) is 0.821. The van der Waals surface area contributed by atoms with Crippen molar-refractivity contribution in [2.24, 2.45) is 5.92 Å². The Morgan fingerprint density at radius 3 is 2.71 bits per heavy atom. The topological polar surface area (TPSA) is 70.1 Å². The van der Waals surface area contributed by atoms with Crippen LogP contribution in [0.25, 0.3) is 11.0 Å². The van der Waals surface area contributed by atoms with Gasteiger partial charge in [0.05, 0.1) is 11.0 Å². The molecule has 1 atom stereocenters. The second kappa shape index (κ2) is 4.73. The second-order valence-corrected chi connectivity index (χ2v) is 5.98. The first-order valence-electron chi connectivity index (χ1n) is 7.45. The number of fused-ring (bicyclic) bond motifs is 4. The van der Waals surface area contributed by atoms with Crippen molar-refractivity contribution in [1.29, 1.82) is 0 Å². The van der Waals surface area contributed by atoms with E-state index in [2.05, 4.69) is 15.2 Å². The number of para-hydroxylation sites is 2. The number of H-pyrrole nitrogens is 1. The Morgan fingerprint density at radius 2 is 2.00 bits per heavy atom. The lowest BCUT2D eigenvalue weighted by atomic mass is 9.84. The summed E-state index contributed by atoms with van der Waals surface area (Å²) < 4.78 is 1.20. The van der Waals surface area contributed by atoms with Gasteiger partial charge in [-0.3, -0.25) is 0 Å². The van der Waals surface area contributed by atoms with Crippen molar-refractivity contribution in [3.05, 3.63) is 34.7 Å². The van der Waals surface area contributed by atoms with Crippen molar-refractivity contribution >= 4 is 17.1 Å². The molecule has 0 radical (unpaired) electrons. The predicted molar refractivity (Wildman–Crippen MR) is 79.4 cm³/mol. The minimum Gasteiger partial charge on any atom is -0.333 e. The first kappa shape index (κ1) is 12.6. The molecule has 1 unspecified atom stereocenters. The van der Waals surface area contributed by atoms with Gasteiger partial charge in [-0.1, -0.05) is 12.1 Å². The highest BCUT2D eigenvalue weighted by molar-refractivity contribution is 5.89. The van der Waals surface area contributed by atoms with Gasteiger partial charge in [0.15, 0.2) is 0 Å². The molecule has 110 valence electrons. The molecule has 0 saturated carbocycles. The number of hydrogen-bond acceptors (Lipinski definition) is 3. The van der Waals surface area contributed by atoms with Gasteiger partial charge in [-0.2, -0.15) is 0 Å². The summed E-state index contributed by atoms with van der Waals surface area (Å²) in [4.78, 5) is 29.6. The number of imidazole rings is 1. The van der Waals surface area contributed by atoms with E-state index in [1.165, 1.54) is 4.57 Å². The van der Waals surface area contributed by atoms with Gasteiger partial charge >= 0.3 is 11.7 Å². The van der Waals surface area contributed by atoms with Gasteiger partial charge in [0.1, 0.15) is 0 Å². The van der Waals surface area contributed by atoms with Crippen molar-refractivity contribution < 1.29 is 4.79 Å². The van der Waals surface area contributed by atoms with E-state index in [1.807, 2.05) is 12.1 Å². The smallest absolute Gasteiger partial charge is 0.333 e. The number of rotatable bonds is 1. The van der Waals surface area contributed by atoms with Crippen LogP contribution in [0.1, 0.15) is 12.8 Å². The summed E-state index contributed by atoms with van der Waals surface area (Å²) in [5.41, 5.74) is 0.933. The molecule has 2 N–H and O–H groups in total. The minimum absolute atomic E-state index is 0.153. The highest BCUT2D eigenvalue weighted by Gasteiger charge is 2.35. The Balaban J connectivity index is 1.62. The number of carbonyl (C=O) groups excluding carboxylic acids is 1. The largest absolute Gasteiger partial charge is 0.334 e. The highest BCUT2D eigenvalue weighted by Crippen LogP contribution is 2.27. The molecule has 21 heavy (non-hydrogen) atoms. The number of amides is 1. The molecule has 2 aromatic rings. The van der Waals surface area contributed by atoms with Crippen molar-refractivity contribution in [3.8, 4) is 0 Å². The lowest BCUT2D eigenvalue weighted by molar-refractivity contribution is 0.0767. The summed E-state index contributed by atoms with van der Waals surface area (Å²) >= 11 is 0. The zero-order valence-corrected chi connectivity index (χ0v) is 11.7. The summed E-state index contributed by atoms with van der Waals surface area (Å²) in [6.07, 6.45) is 2.27. The standard InChI is InChI=1S/C15H18N4O2/c20-14-16-11-3-1-2-4-13(11)19(14)15(21)17-12-9-18-7-5-10(12)6-8-18/h1-4,10,12H,5-9H2,(H,16,20)(H,17,21). The third-order valence-electron chi connectivity index (χ3n) is 4.76. The number of aromatic nitrogens is 2. The van der Waals surface area contributed by atoms with E-state index in [9.17, 15) is 9.59 Å². The van der Waals surface area contributed by atoms with E-state index in [-0.39, 0.29) is 17.8 Å². The zero-order valence-electron chi connectivity index (χ0n) is 11.7. The van der Waals surface area contributed by atoms with Crippen LogP contribution in [0.4, 0.5) is 4.79 Å². The highest BCUT2D eigenvalue weighted by atomic mass is 16.2. The average Bonchev–Trinajstić information content (AvgIpc) is 2.84. The van der Waals surface area contributed by atoms with Gasteiger partial charge in [-0.05, 0) is 44.0 Å². The lowest BCUT2D eigenvalue weighted by Crippen LogP contribution is -2.58. The van der Waals surface area contributed by atoms with Crippen LogP contribution in [0, 0.1) is 5.92 Å². The van der Waals surface area contributed by atoms with Crippen molar-refractivity contribution in [3.63, 3.8) is 0 Å². The van der Waals surface area contributed by atoms with Gasteiger partial charge in [-0.15, -0.1) is 0 Å². The van der Waals surface area contributed by atoms with Crippen molar-refractivity contribution in [1.82, 2.24) is 19.8 Å². The number of hydrogen-bond donors (Lipinski definition) is 2. The minimum atomic E-state index is -0.380. The molecular formula is C15H18N4O2. The molecule has 6 nitrogen and oxygen atoms in total. The maximum absolute atomic E-state index is 12.5. The maximum atomic E-state index is 12.5. The third-order valence-corrected chi connectivity index (χ3v) is 4.76. The molecule has 0 aliphatic carbocycles. The number of benzene rings is 1. The van der Waals surface area contributed by atoms with Crippen LogP contribution in [-0.4, -0.2) is 46.2 Å². The van der Waals surface area contributed by atoms with Gasteiger partial charge in [-0.25, -0.2) is 14.2 Å². The SMILES string of the molecule is O=C(NC1CN2CCC1CC2)n1c(=O)[nH]c2ccccc21. The van der Waals surface area contributed by atoms with Gasteiger partial charge in [0.25, 0.3) is 0 Å². The third kappa shape index (κ3) is 2.06. The first-order chi connectivity index (χ1) is 10.2. The fraction of sp³-hybridized carbons (Fsp3) is 0.467. The summed E-state index contributed by atoms with van der Waals surface area (Å²) in [6.45, 7) is 3.15. The van der Waals surface area contributed by atoms with E-state index in [0.29, 0.717) is 17.0 Å². The number of aromatic amines is 1. The molecule has 6 heteroatoms. The Labute approximate surface area is 121 Å².